The zero-order valence-electron chi connectivity index (χ0n) is 34.6. The first-order valence-corrected chi connectivity index (χ1v) is 23.7. The summed E-state index contributed by atoms with van der Waals surface area (Å²) in [6, 6.07) is 12.5. The molecular weight excluding hydrogens is 923 g/mol. The van der Waals surface area contributed by atoms with Crippen molar-refractivity contribution in [3.05, 3.63) is 84.4 Å². The first-order chi connectivity index (χ1) is 29.4. The van der Waals surface area contributed by atoms with Gasteiger partial charge in [0.05, 0.1) is 46.6 Å². The van der Waals surface area contributed by atoms with Crippen molar-refractivity contribution in [3.8, 4) is 0 Å². The Morgan fingerprint density at radius 2 is 1.13 bits per heavy atom. The van der Waals surface area contributed by atoms with Crippen LogP contribution >= 0.6 is 34.8 Å². The molecule has 0 unspecified atom stereocenters. The third-order valence-corrected chi connectivity index (χ3v) is 12.9. The summed E-state index contributed by atoms with van der Waals surface area (Å²) < 4.78 is 52.8. The molecule has 2 aromatic carbocycles. The number of nitrogens with one attached hydrogen (secondary N) is 5. The lowest BCUT2D eigenvalue weighted by molar-refractivity contribution is -0.119. The predicted molar refractivity (Wildman–Crippen MR) is 247 cm³/mol. The summed E-state index contributed by atoms with van der Waals surface area (Å²) in [6.45, 7) is 0. The summed E-state index contributed by atoms with van der Waals surface area (Å²) in [7, 11) is -1.14. The van der Waals surface area contributed by atoms with Gasteiger partial charge in [0, 0.05) is 56.1 Å². The molecule has 63 heavy (non-hydrogen) atoms. The number of aromatic nitrogens is 6. The van der Waals surface area contributed by atoms with E-state index in [-0.39, 0.29) is 56.8 Å². The summed E-state index contributed by atoms with van der Waals surface area (Å²) in [5, 5.41) is 16.1. The molecule has 336 valence electrons. The van der Waals surface area contributed by atoms with Crippen LogP contribution in [0.5, 0.6) is 0 Å². The summed E-state index contributed by atoms with van der Waals surface area (Å²) >= 11 is 18.2. The van der Waals surface area contributed by atoms with Gasteiger partial charge in [0.25, 0.3) is 11.1 Å². The Morgan fingerprint density at radius 3 is 1.52 bits per heavy atom. The number of carbonyl (C=O) groups excluding carboxylic acids is 2. The van der Waals surface area contributed by atoms with Gasteiger partial charge >= 0.3 is 0 Å². The average molecular weight is 966 g/mol. The minimum Gasteiger partial charge on any atom is -0.369 e. The Kier molecular flexibility index (Phi) is 13.4. The highest BCUT2D eigenvalue weighted by Gasteiger charge is 2.30. The number of fused-ring (bicyclic) bond motifs is 2. The molecule has 6 aromatic rings. The molecule has 2 fully saturated rings. The highest BCUT2D eigenvalue weighted by atomic mass is 35.5. The van der Waals surface area contributed by atoms with Crippen molar-refractivity contribution in [2.45, 2.75) is 25.7 Å². The molecule has 0 saturated heterocycles. The standard InChI is InChI=1S/C19H21ClN6O4S.C15H15Cl2N5O3S.C4H7NO/c1-25-19(28)16-13(9-15(22-17(16)24-25)23-18(27)10-4-5-10)21-12-7-6-11(20)8-14(12)26(2)31(3,29)30;1-21-15(23)13-10(7-12(17)19-14(13)20-21)18-9-5-4-8(16)6-11(9)22(2)26(3,24)25;5-4(6)3-1-2-3/h6-10H,4-5H2,1-3H3,(H3,21,22,23,24,27);4-7H,1-3H3,(H2,18,19,20);3H,1-2H2,(H2,5,6). The van der Waals surface area contributed by atoms with Gasteiger partial charge in [-0.15, -0.1) is 0 Å². The van der Waals surface area contributed by atoms with Crippen LogP contribution in [-0.4, -0.2) is 84.8 Å². The second-order valence-corrected chi connectivity index (χ2v) is 20.2. The first kappa shape index (κ1) is 46.7. The van der Waals surface area contributed by atoms with E-state index in [1.54, 1.807) is 44.4 Å². The fraction of sp³-hybridized carbons (Fsp3) is 0.316. The van der Waals surface area contributed by atoms with E-state index in [0.29, 0.717) is 55.2 Å². The van der Waals surface area contributed by atoms with Crippen LogP contribution in [0, 0.1) is 11.8 Å². The zero-order chi connectivity index (χ0) is 46.3. The third-order valence-electron chi connectivity index (χ3n) is 9.90. The fourth-order valence-electron chi connectivity index (χ4n) is 6.00. The maximum absolute atomic E-state index is 12.7. The number of sulfonamides is 2. The van der Waals surface area contributed by atoms with E-state index < -0.39 is 20.0 Å². The lowest BCUT2D eigenvalue weighted by Gasteiger charge is -2.21. The summed E-state index contributed by atoms with van der Waals surface area (Å²) in [5.74, 6) is 0.246. The van der Waals surface area contributed by atoms with E-state index in [9.17, 15) is 36.0 Å². The summed E-state index contributed by atoms with van der Waals surface area (Å²) in [5.41, 5.74) is 7.09. The average Bonchev–Trinajstić information content (AvgIpc) is 4.13. The Balaban J connectivity index is 0.000000187. The number of nitrogens with zero attached hydrogens (tertiary/aromatic N) is 6. The molecule has 4 aromatic heterocycles. The molecule has 2 amide bonds. The fourth-order valence-corrected chi connectivity index (χ4v) is 7.54. The predicted octanol–water partition coefficient (Wildman–Crippen LogP) is 4.99. The maximum atomic E-state index is 12.7. The van der Waals surface area contributed by atoms with Crippen molar-refractivity contribution in [2.75, 3.05) is 51.2 Å². The lowest BCUT2D eigenvalue weighted by Crippen LogP contribution is -2.25. The van der Waals surface area contributed by atoms with Crippen LogP contribution in [0.4, 0.5) is 39.9 Å². The Labute approximate surface area is 375 Å². The SMILES string of the molecule is CN(c1cc(Cl)ccc1Nc1cc(Cl)nc2[nH]n(C)c(=O)c12)S(C)(=O)=O.CN(c1cc(Cl)ccc1Nc1cc(NC(=O)C2CC2)nc2[nH]n(C)c(=O)c12)S(C)(=O)=O.NC(=O)C1CC1. The molecule has 25 heteroatoms. The molecule has 0 radical (unpaired) electrons. The third kappa shape index (κ3) is 11.1. The quantitative estimate of drug-likeness (QED) is 0.0938. The number of pyridine rings is 2. The van der Waals surface area contributed by atoms with Crippen molar-refractivity contribution >= 4 is 129 Å². The molecule has 4 heterocycles. The number of anilines is 7. The van der Waals surface area contributed by atoms with Gasteiger partial charge in [0.15, 0.2) is 11.3 Å². The number of aromatic amines is 2. The van der Waals surface area contributed by atoms with E-state index >= 15 is 0 Å². The normalized spacial score (nSPS) is 13.7. The van der Waals surface area contributed by atoms with Gasteiger partial charge in [-0.05, 0) is 68.1 Å². The van der Waals surface area contributed by atoms with E-state index in [4.69, 9.17) is 40.5 Å². The summed E-state index contributed by atoms with van der Waals surface area (Å²) in [6.07, 6.45) is 5.89. The summed E-state index contributed by atoms with van der Waals surface area (Å²) in [4.78, 5) is 55.7. The van der Waals surface area contributed by atoms with Gasteiger partial charge < -0.3 is 21.7 Å². The lowest BCUT2D eigenvalue weighted by atomic mass is 10.2. The van der Waals surface area contributed by atoms with Gasteiger partial charge in [-0.3, -0.25) is 47.3 Å². The van der Waals surface area contributed by atoms with Crippen molar-refractivity contribution in [1.29, 1.82) is 0 Å². The number of nitrogens with two attached hydrogens (primary N) is 1. The van der Waals surface area contributed by atoms with Crippen LogP contribution in [0.25, 0.3) is 22.1 Å². The van der Waals surface area contributed by atoms with Crippen LogP contribution in [0.3, 0.4) is 0 Å². The molecule has 20 nitrogen and oxygen atoms in total. The molecule has 7 N–H and O–H groups in total. The minimum absolute atomic E-state index is 0.0185. The number of amides is 2. The Hall–Kier alpha value is -5.81. The van der Waals surface area contributed by atoms with Gasteiger partial charge in [-0.2, -0.15) is 0 Å². The first-order valence-electron chi connectivity index (χ1n) is 18.9. The van der Waals surface area contributed by atoms with Crippen LogP contribution in [-0.2, 0) is 43.7 Å². The van der Waals surface area contributed by atoms with Crippen molar-refractivity contribution < 1.29 is 26.4 Å². The Bertz CT molecular complexity index is 3120. The van der Waals surface area contributed by atoms with E-state index in [1.165, 1.54) is 41.7 Å². The second kappa shape index (κ2) is 18.1. The molecule has 0 aliphatic heterocycles. The molecule has 8 rings (SSSR count). The maximum Gasteiger partial charge on any atom is 0.277 e. The molecule has 0 atom stereocenters. The van der Waals surface area contributed by atoms with Crippen LogP contribution in [0.15, 0.2) is 58.1 Å². The highest BCUT2D eigenvalue weighted by Crippen LogP contribution is 2.37. The van der Waals surface area contributed by atoms with Crippen molar-refractivity contribution in [2.24, 2.45) is 31.7 Å². The van der Waals surface area contributed by atoms with E-state index in [1.807, 2.05) is 0 Å². The van der Waals surface area contributed by atoms with Crippen molar-refractivity contribution in [3.63, 3.8) is 0 Å². The molecule has 2 saturated carbocycles. The molecular formula is C38H43Cl3N12O8S2. The minimum atomic E-state index is -3.57. The number of carbonyl (C=O) groups is 2. The second-order valence-electron chi connectivity index (χ2n) is 14.9. The number of H-pyrrole nitrogens is 2. The van der Waals surface area contributed by atoms with Gasteiger partial charge in [-0.1, -0.05) is 34.8 Å². The number of aryl methyl sites for hydroxylation is 2. The van der Waals surface area contributed by atoms with Gasteiger partial charge in [-0.25, -0.2) is 26.8 Å². The van der Waals surface area contributed by atoms with Gasteiger partial charge in [0.1, 0.15) is 21.7 Å². The smallest absolute Gasteiger partial charge is 0.277 e. The van der Waals surface area contributed by atoms with Crippen LogP contribution in [0.2, 0.25) is 15.2 Å². The van der Waals surface area contributed by atoms with Gasteiger partial charge in [0.2, 0.25) is 31.9 Å². The zero-order valence-corrected chi connectivity index (χ0v) is 38.5. The number of rotatable bonds is 11. The topological polar surface area (TPSA) is 272 Å². The van der Waals surface area contributed by atoms with E-state index in [0.717, 1.165) is 46.8 Å². The number of halogens is 3. The number of benzene rings is 2. The largest absolute Gasteiger partial charge is 0.369 e. The number of hydrogen-bond acceptors (Lipinski definition) is 12. The van der Waals surface area contributed by atoms with Crippen LogP contribution < -0.4 is 41.4 Å². The molecule has 2 aliphatic rings. The molecule has 0 bridgehead atoms. The van der Waals surface area contributed by atoms with E-state index in [2.05, 4.69) is 36.1 Å². The molecule has 0 spiro atoms. The number of primary amides is 1. The highest BCUT2D eigenvalue weighted by molar-refractivity contribution is 7.92. The number of hydrogen-bond donors (Lipinski definition) is 6. The Morgan fingerprint density at radius 1 is 0.698 bits per heavy atom. The molecule has 2 aliphatic carbocycles. The monoisotopic (exact) mass is 964 g/mol. The van der Waals surface area contributed by atoms with Crippen LogP contribution in [0.1, 0.15) is 25.7 Å². The van der Waals surface area contributed by atoms with Crippen molar-refractivity contribution in [1.82, 2.24) is 29.5 Å².